The summed E-state index contributed by atoms with van der Waals surface area (Å²) in [5.41, 5.74) is 2.70. The fourth-order valence-corrected chi connectivity index (χ4v) is 1.97. The van der Waals surface area contributed by atoms with Gasteiger partial charge in [-0.3, -0.25) is 0 Å². The first-order valence-electron chi connectivity index (χ1n) is 5.77. The summed E-state index contributed by atoms with van der Waals surface area (Å²) in [4.78, 5) is 0. The molecule has 90 valence electrons. The molecule has 0 bridgehead atoms. The predicted octanol–water partition coefficient (Wildman–Crippen LogP) is 4.18. The number of para-hydroxylation sites is 1. The Labute approximate surface area is 104 Å². The molecule has 0 aliphatic heterocycles. The van der Waals surface area contributed by atoms with E-state index in [9.17, 15) is 4.39 Å². The molecule has 0 aliphatic carbocycles. The first kappa shape index (κ1) is 10.8. The van der Waals surface area contributed by atoms with Crippen LogP contribution in [-0.4, -0.2) is 0 Å². The number of nitrogens with one attached hydrogen (secondary N) is 1. The van der Waals surface area contributed by atoms with Crippen LogP contribution in [0.2, 0.25) is 0 Å². The van der Waals surface area contributed by atoms with E-state index < -0.39 is 0 Å². The van der Waals surface area contributed by atoms with Gasteiger partial charge in [-0.15, -0.1) is 0 Å². The molecule has 3 rings (SSSR count). The van der Waals surface area contributed by atoms with Crippen molar-refractivity contribution in [3.05, 3.63) is 66.2 Å². The average molecular weight is 241 g/mol. The van der Waals surface area contributed by atoms with Crippen molar-refractivity contribution in [2.75, 3.05) is 5.32 Å². The molecule has 1 N–H and O–H groups in total. The van der Waals surface area contributed by atoms with E-state index in [0.717, 1.165) is 22.2 Å². The van der Waals surface area contributed by atoms with Crippen molar-refractivity contribution in [3.8, 4) is 0 Å². The Hall–Kier alpha value is -2.29. The summed E-state index contributed by atoms with van der Waals surface area (Å²) in [7, 11) is 0. The van der Waals surface area contributed by atoms with Crippen molar-refractivity contribution in [3.63, 3.8) is 0 Å². The molecule has 0 aliphatic rings. The quantitative estimate of drug-likeness (QED) is 0.744. The van der Waals surface area contributed by atoms with Crippen LogP contribution >= 0.6 is 0 Å². The Morgan fingerprint density at radius 3 is 2.83 bits per heavy atom. The van der Waals surface area contributed by atoms with E-state index in [1.54, 1.807) is 12.3 Å². The van der Waals surface area contributed by atoms with E-state index in [1.807, 2.05) is 30.3 Å². The average Bonchev–Trinajstić information content (AvgIpc) is 2.80. The highest BCUT2D eigenvalue weighted by atomic mass is 19.1. The van der Waals surface area contributed by atoms with E-state index >= 15 is 0 Å². The van der Waals surface area contributed by atoms with Crippen LogP contribution in [-0.2, 0) is 6.54 Å². The third-order valence-corrected chi connectivity index (χ3v) is 2.87. The van der Waals surface area contributed by atoms with Crippen LogP contribution in [0.15, 0.2) is 59.2 Å². The third kappa shape index (κ3) is 2.07. The topological polar surface area (TPSA) is 25.2 Å². The molecule has 1 aromatic heterocycles. The van der Waals surface area contributed by atoms with E-state index in [4.69, 9.17) is 4.42 Å². The summed E-state index contributed by atoms with van der Waals surface area (Å²) in [5.74, 6) is -0.239. The smallest absolute Gasteiger partial charge is 0.134 e. The molecule has 0 amide bonds. The van der Waals surface area contributed by atoms with Gasteiger partial charge in [0.25, 0.3) is 0 Å². The van der Waals surface area contributed by atoms with Gasteiger partial charge in [0.1, 0.15) is 11.4 Å². The van der Waals surface area contributed by atoms with Gasteiger partial charge in [-0.05, 0) is 24.3 Å². The van der Waals surface area contributed by atoms with E-state index in [2.05, 4.69) is 5.32 Å². The molecule has 18 heavy (non-hydrogen) atoms. The van der Waals surface area contributed by atoms with E-state index in [0.29, 0.717) is 6.54 Å². The van der Waals surface area contributed by atoms with Crippen LogP contribution in [0.5, 0.6) is 0 Å². The lowest BCUT2D eigenvalue weighted by molar-refractivity contribution is 0.611. The molecule has 0 saturated carbocycles. The maximum Gasteiger partial charge on any atom is 0.134 e. The number of benzene rings is 2. The molecule has 0 atom stereocenters. The maximum atomic E-state index is 13.0. The highest BCUT2D eigenvalue weighted by molar-refractivity contribution is 5.81. The van der Waals surface area contributed by atoms with Crippen LogP contribution in [0.4, 0.5) is 10.1 Å². The fraction of sp³-hybridized carbons (Fsp3) is 0.0667. The van der Waals surface area contributed by atoms with Gasteiger partial charge in [0.05, 0.1) is 6.26 Å². The SMILES string of the molecule is Fc1cccc(NCc2coc3ccccc23)c1. The molecule has 2 nitrogen and oxygen atoms in total. The predicted molar refractivity (Wildman–Crippen MR) is 69.9 cm³/mol. The molecule has 0 unspecified atom stereocenters. The van der Waals surface area contributed by atoms with Gasteiger partial charge in [0.2, 0.25) is 0 Å². The fourth-order valence-electron chi connectivity index (χ4n) is 1.97. The zero-order chi connectivity index (χ0) is 12.4. The van der Waals surface area contributed by atoms with Crippen molar-refractivity contribution < 1.29 is 8.81 Å². The van der Waals surface area contributed by atoms with Crippen LogP contribution in [0.1, 0.15) is 5.56 Å². The molecular formula is C15H12FNO. The Balaban J connectivity index is 1.81. The summed E-state index contributed by atoms with van der Waals surface area (Å²) >= 11 is 0. The molecule has 1 heterocycles. The summed E-state index contributed by atoms with van der Waals surface area (Å²) in [6, 6.07) is 14.3. The summed E-state index contributed by atoms with van der Waals surface area (Å²) in [6.45, 7) is 0.612. The number of anilines is 1. The number of rotatable bonds is 3. The summed E-state index contributed by atoms with van der Waals surface area (Å²) < 4.78 is 18.5. The lowest BCUT2D eigenvalue weighted by Crippen LogP contribution is -1.98. The second-order valence-electron chi connectivity index (χ2n) is 4.12. The first-order chi connectivity index (χ1) is 8.83. The van der Waals surface area contributed by atoms with Crippen LogP contribution in [0.3, 0.4) is 0 Å². The van der Waals surface area contributed by atoms with E-state index in [-0.39, 0.29) is 5.82 Å². The van der Waals surface area contributed by atoms with E-state index in [1.165, 1.54) is 12.1 Å². The second-order valence-corrected chi connectivity index (χ2v) is 4.12. The molecule has 0 saturated heterocycles. The Kier molecular flexibility index (Phi) is 2.73. The lowest BCUT2D eigenvalue weighted by Gasteiger charge is -2.04. The van der Waals surface area contributed by atoms with Crippen molar-refractivity contribution in [2.45, 2.75) is 6.54 Å². The molecule has 3 aromatic rings. The highest BCUT2D eigenvalue weighted by Crippen LogP contribution is 2.21. The third-order valence-electron chi connectivity index (χ3n) is 2.87. The summed E-state index contributed by atoms with van der Waals surface area (Å²) in [5, 5.41) is 4.26. The molecule has 3 heteroatoms. The number of furan rings is 1. The zero-order valence-corrected chi connectivity index (χ0v) is 9.69. The standard InChI is InChI=1S/C15H12FNO/c16-12-4-3-5-13(8-12)17-9-11-10-18-15-7-2-1-6-14(11)15/h1-8,10,17H,9H2. The number of fused-ring (bicyclic) bond motifs is 1. The Morgan fingerprint density at radius 2 is 1.94 bits per heavy atom. The Bertz CT molecular complexity index is 675. The Morgan fingerprint density at radius 1 is 1.06 bits per heavy atom. The van der Waals surface area contributed by atoms with Gasteiger partial charge in [-0.25, -0.2) is 4.39 Å². The molecule has 0 fully saturated rings. The molecule has 0 spiro atoms. The van der Waals surface area contributed by atoms with Crippen LogP contribution < -0.4 is 5.32 Å². The van der Waals surface area contributed by atoms with Crippen molar-refractivity contribution in [1.29, 1.82) is 0 Å². The summed E-state index contributed by atoms with van der Waals surface area (Å²) in [6.07, 6.45) is 1.73. The molecule has 2 aromatic carbocycles. The van der Waals surface area contributed by atoms with Gasteiger partial charge in [0.15, 0.2) is 0 Å². The van der Waals surface area contributed by atoms with Crippen LogP contribution in [0, 0.1) is 5.82 Å². The number of hydrogen-bond acceptors (Lipinski definition) is 2. The van der Waals surface area contributed by atoms with Crippen molar-refractivity contribution in [1.82, 2.24) is 0 Å². The first-order valence-corrected chi connectivity index (χ1v) is 5.77. The minimum absolute atomic E-state index is 0.239. The van der Waals surface area contributed by atoms with Crippen molar-refractivity contribution >= 4 is 16.7 Å². The van der Waals surface area contributed by atoms with Crippen LogP contribution in [0.25, 0.3) is 11.0 Å². The zero-order valence-electron chi connectivity index (χ0n) is 9.69. The minimum Gasteiger partial charge on any atom is -0.464 e. The van der Waals surface area contributed by atoms with Gasteiger partial charge in [-0.2, -0.15) is 0 Å². The maximum absolute atomic E-state index is 13.0. The highest BCUT2D eigenvalue weighted by Gasteiger charge is 2.04. The monoisotopic (exact) mass is 241 g/mol. The van der Waals surface area contributed by atoms with Gasteiger partial charge >= 0.3 is 0 Å². The molecule has 0 radical (unpaired) electrons. The van der Waals surface area contributed by atoms with Gasteiger partial charge < -0.3 is 9.73 Å². The number of halogens is 1. The van der Waals surface area contributed by atoms with Gasteiger partial charge in [0, 0.05) is 23.2 Å². The minimum atomic E-state index is -0.239. The van der Waals surface area contributed by atoms with Gasteiger partial charge in [-0.1, -0.05) is 24.3 Å². The molecular weight excluding hydrogens is 229 g/mol. The second kappa shape index (κ2) is 4.53. The van der Waals surface area contributed by atoms with Crippen molar-refractivity contribution in [2.24, 2.45) is 0 Å². The lowest BCUT2D eigenvalue weighted by atomic mass is 10.2. The largest absolute Gasteiger partial charge is 0.464 e. The number of hydrogen-bond donors (Lipinski definition) is 1. The normalized spacial score (nSPS) is 10.7.